The first-order chi connectivity index (χ1) is 16.8. The summed E-state index contributed by atoms with van der Waals surface area (Å²) in [6.45, 7) is 3.98. The van der Waals surface area contributed by atoms with Crippen molar-refractivity contribution in [3.05, 3.63) is 87.8 Å². The maximum absolute atomic E-state index is 13.8. The molecule has 0 aliphatic heterocycles. The van der Waals surface area contributed by atoms with Crippen molar-refractivity contribution in [2.45, 2.75) is 64.1 Å². The van der Waals surface area contributed by atoms with Gasteiger partial charge in [0.15, 0.2) is 5.69 Å². The normalized spacial score (nSPS) is 17.0. The van der Waals surface area contributed by atoms with E-state index in [4.69, 9.17) is 4.52 Å². The largest absolute Gasteiger partial charge is 0.390 e. The van der Waals surface area contributed by atoms with Crippen molar-refractivity contribution in [1.82, 2.24) is 15.8 Å². The predicted octanol–water partition coefficient (Wildman–Crippen LogP) is 4.19. The van der Waals surface area contributed by atoms with Crippen LogP contribution < -0.4 is 10.6 Å². The summed E-state index contributed by atoms with van der Waals surface area (Å²) in [6.07, 6.45) is 2.99. The average molecular weight is 484 g/mol. The summed E-state index contributed by atoms with van der Waals surface area (Å²) in [4.78, 5) is 12.7. The molecular formula is C27H31F2N3O3. The van der Waals surface area contributed by atoms with Crippen LogP contribution in [0.3, 0.4) is 0 Å². The number of hydrogen-bond donors (Lipinski definition) is 3. The highest BCUT2D eigenvalue weighted by Crippen LogP contribution is 2.30. The number of aryl methyl sites for hydroxylation is 3. The molecule has 3 N–H and O–H groups in total. The Morgan fingerprint density at radius 3 is 2.63 bits per heavy atom. The van der Waals surface area contributed by atoms with Gasteiger partial charge in [-0.3, -0.25) is 4.79 Å². The van der Waals surface area contributed by atoms with E-state index >= 15 is 0 Å². The van der Waals surface area contributed by atoms with E-state index in [1.165, 1.54) is 34.9 Å². The molecule has 1 aliphatic carbocycles. The fraction of sp³-hybridized carbons (Fsp3) is 0.407. The zero-order chi connectivity index (χ0) is 24.9. The summed E-state index contributed by atoms with van der Waals surface area (Å²) in [5.41, 5.74) is 4.22. The number of aromatic nitrogens is 1. The van der Waals surface area contributed by atoms with Gasteiger partial charge in [0.25, 0.3) is 5.91 Å². The summed E-state index contributed by atoms with van der Waals surface area (Å²) in [5.74, 6) is -1.48. The molecule has 0 radical (unpaired) electrons. The number of rotatable bonds is 9. The molecule has 0 bridgehead atoms. The van der Waals surface area contributed by atoms with Gasteiger partial charge in [-0.1, -0.05) is 30.3 Å². The molecule has 3 unspecified atom stereocenters. The molecule has 3 atom stereocenters. The van der Waals surface area contributed by atoms with E-state index in [0.29, 0.717) is 11.3 Å². The molecular weight excluding hydrogens is 452 g/mol. The van der Waals surface area contributed by atoms with Crippen LogP contribution in [0.4, 0.5) is 8.78 Å². The van der Waals surface area contributed by atoms with Gasteiger partial charge in [0, 0.05) is 24.7 Å². The van der Waals surface area contributed by atoms with Crippen LogP contribution in [0, 0.1) is 18.6 Å². The molecule has 8 heteroatoms. The van der Waals surface area contributed by atoms with Crippen molar-refractivity contribution in [1.29, 1.82) is 0 Å². The quantitative estimate of drug-likeness (QED) is 0.425. The molecule has 6 nitrogen and oxygen atoms in total. The number of hydrogen-bond acceptors (Lipinski definition) is 5. The van der Waals surface area contributed by atoms with Crippen molar-refractivity contribution >= 4 is 5.91 Å². The van der Waals surface area contributed by atoms with E-state index in [-0.39, 0.29) is 24.7 Å². The Labute approximate surface area is 203 Å². The van der Waals surface area contributed by atoms with Crippen molar-refractivity contribution in [3.8, 4) is 0 Å². The summed E-state index contributed by atoms with van der Waals surface area (Å²) in [5, 5.41) is 21.0. The summed E-state index contributed by atoms with van der Waals surface area (Å²) >= 11 is 0. The van der Waals surface area contributed by atoms with Crippen molar-refractivity contribution < 1.29 is 23.2 Å². The van der Waals surface area contributed by atoms with Crippen LogP contribution in [-0.4, -0.2) is 34.9 Å². The molecule has 35 heavy (non-hydrogen) atoms. The Morgan fingerprint density at radius 2 is 1.94 bits per heavy atom. The monoisotopic (exact) mass is 483 g/mol. The SMILES string of the molecule is CCc1ccc2c(c1)C(NCC(O)C(Cc1cc(F)cc(F)c1)NC(=O)c1cc(C)on1)CCC2. The topological polar surface area (TPSA) is 87.4 Å². The van der Waals surface area contributed by atoms with Gasteiger partial charge in [-0.05, 0) is 73.4 Å². The lowest BCUT2D eigenvalue weighted by atomic mass is 9.86. The molecule has 3 aromatic rings. The molecule has 1 amide bonds. The smallest absolute Gasteiger partial charge is 0.273 e. The number of carbonyl (C=O) groups excluding carboxylic acids is 1. The second-order valence-corrected chi connectivity index (χ2v) is 9.19. The molecule has 1 aliphatic rings. The van der Waals surface area contributed by atoms with Crippen LogP contribution in [0.25, 0.3) is 0 Å². The lowest BCUT2D eigenvalue weighted by Gasteiger charge is -2.30. The second kappa shape index (κ2) is 11.1. The summed E-state index contributed by atoms with van der Waals surface area (Å²) in [7, 11) is 0. The lowest BCUT2D eigenvalue weighted by molar-refractivity contribution is 0.0814. The number of halogens is 2. The van der Waals surface area contributed by atoms with Crippen LogP contribution in [-0.2, 0) is 19.3 Å². The van der Waals surface area contributed by atoms with Crippen LogP contribution in [0.1, 0.15) is 64.3 Å². The standard InChI is InChI=1S/C27H31F2N3O3/c1-3-17-7-8-19-5-4-6-23(22(19)12-17)30-15-26(33)24(13-18-10-20(28)14-21(29)11-18)31-27(34)25-9-16(2)35-32-25/h7-12,14,23-24,26,30,33H,3-6,13,15H2,1-2H3,(H,31,34). The first-order valence-corrected chi connectivity index (χ1v) is 12.0. The number of aliphatic hydroxyl groups excluding tert-OH is 1. The number of carbonyl (C=O) groups is 1. The summed E-state index contributed by atoms with van der Waals surface area (Å²) < 4.78 is 32.5. The fourth-order valence-corrected chi connectivity index (χ4v) is 4.67. The van der Waals surface area contributed by atoms with Gasteiger partial charge >= 0.3 is 0 Å². The van der Waals surface area contributed by atoms with E-state index < -0.39 is 29.7 Å². The van der Waals surface area contributed by atoms with E-state index in [9.17, 15) is 18.7 Å². The molecule has 4 rings (SSSR count). The third kappa shape index (κ3) is 6.32. The highest BCUT2D eigenvalue weighted by atomic mass is 19.1. The number of amides is 1. The Hall–Kier alpha value is -3.10. The second-order valence-electron chi connectivity index (χ2n) is 9.19. The lowest BCUT2D eigenvalue weighted by Crippen LogP contribution is -2.49. The van der Waals surface area contributed by atoms with E-state index in [1.54, 1.807) is 6.92 Å². The number of nitrogens with zero attached hydrogens (tertiary/aromatic N) is 1. The fourth-order valence-electron chi connectivity index (χ4n) is 4.67. The number of nitrogens with one attached hydrogen (secondary N) is 2. The molecule has 2 aromatic carbocycles. The number of benzene rings is 2. The first kappa shape index (κ1) is 25.0. The predicted molar refractivity (Wildman–Crippen MR) is 128 cm³/mol. The Bertz CT molecular complexity index is 1160. The van der Waals surface area contributed by atoms with Crippen molar-refractivity contribution in [3.63, 3.8) is 0 Å². The van der Waals surface area contributed by atoms with Gasteiger partial charge in [-0.2, -0.15) is 0 Å². The van der Waals surface area contributed by atoms with Crippen LogP contribution in [0.15, 0.2) is 47.0 Å². The molecule has 0 spiro atoms. The van der Waals surface area contributed by atoms with Crippen molar-refractivity contribution in [2.24, 2.45) is 0 Å². The van der Waals surface area contributed by atoms with E-state index in [0.717, 1.165) is 31.7 Å². The van der Waals surface area contributed by atoms with Gasteiger partial charge in [0.05, 0.1) is 12.1 Å². The molecule has 0 fully saturated rings. The van der Waals surface area contributed by atoms with Gasteiger partial charge in [-0.25, -0.2) is 8.78 Å². The Balaban J connectivity index is 1.50. The average Bonchev–Trinajstić information content (AvgIpc) is 3.27. The summed E-state index contributed by atoms with van der Waals surface area (Å²) in [6, 6.07) is 10.5. The Morgan fingerprint density at radius 1 is 1.17 bits per heavy atom. The highest BCUT2D eigenvalue weighted by molar-refractivity contribution is 5.92. The minimum atomic E-state index is -1.02. The molecule has 1 aromatic heterocycles. The maximum Gasteiger partial charge on any atom is 0.273 e. The highest BCUT2D eigenvalue weighted by Gasteiger charge is 2.27. The minimum absolute atomic E-state index is 0.0430. The zero-order valence-corrected chi connectivity index (χ0v) is 20.0. The number of aliphatic hydroxyl groups is 1. The third-order valence-electron chi connectivity index (χ3n) is 6.53. The van der Waals surface area contributed by atoms with Crippen molar-refractivity contribution in [2.75, 3.05) is 6.54 Å². The molecule has 0 saturated carbocycles. The Kier molecular flexibility index (Phi) is 7.93. The minimum Gasteiger partial charge on any atom is -0.390 e. The number of fused-ring (bicyclic) bond motifs is 1. The molecule has 1 heterocycles. The third-order valence-corrected chi connectivity index (χ3v) is 6.53. The molecule has 0 saturated heterocycles. The van der Waals surface area contributed by atoms with Gasteiger partial charge in [0.2, 0.25) is 0 Å². The van der Waals surface area contributed by atoms with E-state index in [2.05, 4.69) is 40.9 Å². The zero-order valence-electron chi connectivity index (χ0n) is 20.0. The van der Waals surface area contributed by atoms with Crippen LogP contribution in [0.2, 0.25) is 0 Å². The van der Waals surface area contributed by atoms with Gasteiger partial charge in [-0.15, -0.1) is 0 Å². The molecule has 186 valence electrons. The van der Waals surface area contributed by atoms with Gasteiger partial charge in [0.1, 0.15) is 17.4 Å². The first-order valence-electron chi connectivity index (χ1n) is 12.0. The maximum atomic E-state index is 13.8. The van der Waals surface area contributed by atoms with Gasteiger partial charge < -0.3 is 20.3 Å². The van der Waals surface area contributed by atoms with Crippen LogP contribution >= 0.6 is 0 Å². The van der Waals surface area contributed by atoms with Crippen LogP contribution in [0.5, 0.6) is 0 Å². The van der Waals surface area contributed by atoms with E-state index in [1.807, 2.05) is 0 Å².